The number of morpholine rings is 1. The molecule has 0 bridgehead atoms. The van der Waals surface area contributed by atoms with Crippen LogP contribution in [0.15, 0.2) is 0 Å². The van der Waals surface area contributed by atoms with E-state index >= 15 is 0 Å². The number of sulfonamides is 1. The highest BCUT2D eigenvalue weighted by molar-refractivity contribution is 7.89. The molecule has 18 heavy (non-hydrogen) atoms. The summed E-state index contributed by atoms with van der Waals surface area (Å²) < 4.78 is 31.5. The van der Waals surface area contributed by atoms with E-state index < -0.39 is 10.0 Å². The van der Waals surface area contributed by atoms with Crippen LogP contribution < -0.4 is 0 Å². The summed E-state index contributed by atoms with van der Waals surface area (Å²) in [6.07, 6.45) is 2.65. The minimum atomic E-state index is -3.19. The van der Waals surface area contributed by atoms with Crippen LogP contribution in [0.3, 0.4) is 0 Å². The normalized spacial score (nSPS) is 31.2. The largest absolute Gasteiger partial charge is 0.379 e. The predicted molar refractivity (Wildman–Crippen MR) is 67.7 cm³/mol. The van der Waals surface area contributed by atoms with Gasteiger partial charge >= 0.3 is 0 Å². The Labute approximate surface area is 109 Å². The van der Waals surface area contributed by atoms with Crippen molar-refractivity contribution >= 4 is 15.8 Å². The van der Waals surface area contributed by atoms with E-state index in [1.165, 1.54) is 0 Å². The molecular weight excluding hydrogens is 254 g/mol. The second kappa shape index (κ2) is 5.67. The molecule has 0 aromatic carbocycles. The summed E-state index contributed by atoms with van der Waals surface area (Å²) in [4.78, 5) is 11.3. The van der Waals surface area contributed by atoms with E-state index in [1.807, 2.05) is 0 Å². The molecular formula is C12H21NO4S. The molecule has 104 valence electrons. The lowest BCUT2D eigenvalue weighted by atomic mass is 9.86. The van der Waals surface area contributed by atoms with Gasteiger partial charge in [-0.1, -0.05) is 0 Å². The maximum atomic E-state index is 12.4. The van der Waals surface area contributed by atoms with Crippen molar-refractivity contribution in [3.8, 4) is 0 Å². The van der Waals surface area contributed by atoms with Crippen molar-refractivity contribution in [3.05, 3.63) is 0 Å². The minimum Gasteiger partial charge on any atom is -0.379 e. The van der Waals surface area contributed by atoms with Crippen LogP contribution in [0.25, 0.3) is 0 Å². The van der Waals surface area contributed by atoms with E-state index in [4.69, 9.17) is 4.74 Å². The molecule has 1 saturated heterocycles. The van der Waals surface area contributed by atoms with Gasteiger partial charge in [-0.2, -0.15) is 4.31 Å². The summed E-state index contributed by atoms with van der Waals surface area (Å²) in [7, 11) is -3.19. The van der Waals surface area contributed by atoms with Gasteiger partial charge < -0.3 is 4.74 Å². The number of hydrogen-bond donors (Lipinski definition) is 0. The number of ether oxygens (including phenoxy) is 1. The lowest BCUT2D eigenvalue weighted by Gasteiger charge is -2.33. The van der Waals surface area contributed by atoms with E-state index in [-0.39, 0.29) is 17.0 Å². The number of carbonyl (C=O) groups excluding carboxylic acids is 1. The fourth-order valence-electron chi connectivity index (χ4n) is 2.78. The highest BCUT2D eigenvalue weighted by Crippen LogP contribution is 2.30. The number of hydrogen-bond acceptors (Lipinski definition) is 4. The molecule has 0 aromatic rings. The second-order valence-corrected chi connectivity index (χ2v) is 7.35. The summed E-state index contributed by atoms with van der Waals surface area (Å²) in [5.74, 6) is 0.262. The third-order valence-corrected chi connectivity index (χ3v) is 6.40. The zero-order valence-corrected chi connectivity index (χ0v) is 11.6. The van der Waals surface area contributed by atoms with Gasteiger partial charge in [0.2, 0.25) is 10.0 Å². The summed E-state index contributed by atoms with van der Waals surface area (Å²) in [5, 5.41) is -0.300. The first-order valence-electron chi connectivity index (χ1n) is 6.59. The van der Waals surface area contributed by atoms with E-state index in [2.05, 4.69) is 0 Å². The molecule has 0 amide bonds. The van der Waals surface area contributed by atoms with Crippen LogP contribution in [-0.2, 0) is 19.6 Å². The molecule has 0 unspecified atom stereocenters. The maximum absolute atomic E-state index is 12.4. The number of ketones is 1. The topological polar surface area (TPSA) is 63.7 Å². The van der Waals surface area contributed by atoms with Gasteiger partial charge in [-0.05, 0) is 32.6 Å². The molecule has 1 heterocycles. The first kappa shape index (κ1) is 14.0. The third-order valence-electron chi connectivity index (χ3n) is 4.00. The van der Waals surface area contributed by atoms with Crippen molar-refractivity contribution < 1.29 is 17.9 Å². The van der Waals surface area contributed by atoms with Gasteiger partial charge in [0.15, 0.2) is 0 Å². The summed E-state index contributed by atoms with van der Waals surface area (Å²) in [6, 6.07) is 0. The molecule has 0 atom stereocenters. The summed E-state index contributed by atoms with van der Waals surface area (Å²) in [5.41, 5.74) is 0. The molecule has 0 radical (unpaired) electrons. The summed E-state index contributed by atoms with van der Waals surface area (Å²) >= 11 is 0. The van der Waals surface area contributed by atoms with E-state index in [0.29, 0.717) is 52.0 Å². The summed E-state index contributed by atoms with van der Waals surface area (Å²) in [6.45, 7) is 3.51. The highest BCUT2D eigenvalue weighted by Gasteiger charge is 2.36. The molecule has 0 aromatic heterocycles. The van der Waals surface area contributed by atoms with Crippen LogP contribution in [0.5, 0.6) is 0 Å². The Hall–Kier alpha value is -0.460. The Balaban J connectivity index is 1.97. The molecule has 1 aliphatic heterocycles. The number of Topliss-reactive ketones (excluding diaryl/α,β-unsaturated/α-hetero) is 1. The SMILES string of the molecule is CC(=O)C1CCC(S(=O)(=O)N2CCOCC2)CC1. The molecule has 1 saturated carbocycles. The Morgan fingerprint density at radius 3 is 2.17 bits per heavy atom. The van der Waals surface area contributed by atoms with E-state index in [9.17, 15) is 13.2 Å². The van der Waals surface area contributed by atoms with Crippen molar-refractivity contribution in [1.29, 1.82) is 0 Å². The van der Waals surface area contributed by atoms with Gasteiger partial charge in [-0.3, -0.25) is 4.79 Å². The Morgan fingerprint density at radius 2 is 1.67 bits per heavy atom. The van der Waals surface area contributed by atoms with Crippen LogP contribution >= 0.6 is 0 Å². The van der Waals surface area contributed by atoms with Gasteiger partial charge in [0, 0.05) is 19.0 Å². The zero-order chi connectivity index (χ0) is 13.2. The Bertz CT molecular complexity index is 392. The smallest absolute Gasteiger partial charge is 0.217 e. The van der Waals surface area contributed by atoms with Crippen molar-refractivity contribution in [1.82, 2.24) is 4.31 Å². The highest BCUT2D eigenvalue weighted by atomic mass is 32.2. The Morgan fingerprint density at radius 1 is 1.11 bits per heavy atom. The monoisotopic (exact) mass is 275 g/mol. The van der Waals surface area contributed by atoms with Crippen LogP contribution in [0.1, 0.15) is 32.6 Å². The van der Waals surface area contributed by atoms with Crippen molar-refractivity contribution in [2.75, 3.05) is 26.3 Å². The number of nitrogens with zero attached hydrogens (tertiary/aromatic N) is 1. The van der Waals surface area contributed by atoms with Crippen LogP contribution in [-0.4, -0.2) is 50.1 Å². The van der Waals surface area contributed by atoms with E-state index in [1.54, 1.807) is 11.2 Å². The van der Waals surface area contributed by atoms with Gasteiger partial charge in [-0.25, -0.2) is 8.42 Å². The molecule has 0 spiro atoms. The lowest BCUT2D eigenvalue weighted by molar-refractivity contribution is -0.121. The first-order valence-corrected chi connectivity index (χ1v) is 8.09. The zero-order valence-electron chi connectivity index (χ0n) is 10.8. The van der Waals surface area contributed by atoms with Crippen molar-refractivity contribution in [2.24, 2.45) is 5.92 Å². The lowest BCUT2D eigenvalue weighted by Crippen LogP contribution is -2.46. The minimum absolute atomic E-state index is 0.0705. The molecule has 2 aliphatic rings. The predicted octanol–water partition coefficient (Wildman–Crippen LogP) is 0.796. The average Bonchev–Trinajstić information content (AvgIpc) is 2.40. The standard InChI is InChI=1S/C12H21NO4S/c1-10(14)11-2-4-12(5-3-11)18(15,16)13-6-8-17-9-7-13/h11-12H,2-9H2,1H3. The van der Waals surface area contributed by atoms with Crippen molar-refractivity contribution in [3.63, 3.8) is 0 Å². The Kier molecular flexibility index (Phi) is 4.40. The van der Waals surface area contributed by atoms with Crippen LogP contribution in [0.4, 0.5) is 0 Å². The van der Waals surface area contributed by atoms with Crippen molar-refractivity contribution in [2.45, 2.75) is 37.9 Å². The first-order chi connectivity index (χ1) is 8.51. The fourth-order valence-corrected chi connectivity index (χ4v) is 4.73. The number of rotatable bonds is 3. The second-order valence-electron chi connectivity index (χ2n) is 5.14. The quantitative estimate of drug-likeness (QED) is 0.764. The molecule has 6 heteroatoms. The molecule has 2 fully saturated rings. The average molecular weight is 275 g/mol. The van der Waals surface area contributed by atoms with Crippen LogP contribution in [0, 0.1) is 5.92 Å². The molecule has 5 nitrogen and oxygen atoms in total. The molecule has 1 aliphatic carbocycles. The van der Waals surface area contributed by atoms with Crippen LogP contribution in [0.2, 0.25) is 0 Å². The molecule has 0 N–H and O–H groups in total. The van der Waals surface area contributed by atoms with Gasteiger partial charge in [-0.15, -0.1) is 0 Å². The maximum Gasteiger partial charge on any atom is 0.217 e. The van der Waals surface area contributed by atoms with Gasteiger partial charge in [0.1, 0.15) is 5.78 Å². The number of carbonyl (C=O) groups is 1. The molecule has 2 rings (SSSR count). The van der Waals surface area contributed by atoms with Gasteiger partial charge in [0.05, 0.1) is 18.5 Å². The fraction of sp³-hybridized carbons (Fsp3) is 0.917. The third kappa shape index (κ3) is 2.92. The van der Waals surface area contributed by atoms with E-state index in [0.717, 1.165) is 0 Å². The van der Waals surface area contributed by atoms with Gasteiger partial charge in [0.25, 0.3) is 0 Å².